The molecular formula is C19H24N4O2. The molecule has 0 saturated heterocycles. The van der Waals surface area contributed by atoms with E-state index in [1.807, 2.05) is 38.1 Å². The minimum atomic E-state index is -0.541. The minimum Gasteiger partial charge on any atom is -0.394 e. The number of aromatic nitrogens is 2. The summed E-state index contributed by atoms with van der Waals surface area (Å²) in [5.41, 5.74) is 2.45. The third kappa shape index (κ3) is 4.14. The van der Waals surface area contributed by atoms with Gasteiger partial charge in [0, 0.05) is 18.0 Å². The summed E-state index contributed by atoms with van der Waals surface area (Å²) < 4.78 is 0. The number of carbonyl (C=O) groups is 1. The van der Waals surface area contributed by atoms with Gasteiger partial charge >= 0.3 is 6.03 Å². The van der Waals surface area contributed by atoms with Crippen LogP contribution in [0.5, 0.6) is 0 Å². The molecule has 2 atom stereocenters. The molecule has 1 heterocycles. The lowest BCUT2D eigenvalue weighted by Gasteiger charge is -2.29. The summed E-state index contributed by atoms with van der Waals surface area (Å²) >= 11 is 0. The molecule has 3 rings (SSSR count). The molecule has 1 aromatic carbocycles. The molecule has 1 aliphatic carbocycles. The fraction of sp³-hybridized carbons (Fsp3) is 0.421. The predicted molar refractivity (Wildman–Crippen MR) is 95.8 cm³/mol. The van der Waals surface area contributed by atoms with Crippen molar-refractivity contribution < 1.29 is 9.90 Å². The molecule has 0 radical (unpaired) electrons. The molecule has 3 N–H and O–H groups in total. The van der Waals surface area contributed by atoms with E-state index in [0.29, 0.717) is 5.92 Å². The SMILES string of the molecule is CC(NC(=O)NC(C)(CO)C1CC1)c1ccc(-c2cncnc2)cc1. The van der Waals surface area contributed by atoms with Crippen LogP contribution in [0.25, 0.3) is 11.1 Å². The Labute approximate surface area is 147 Å². The molecule has 1 aliphatic rings. The molecule has 132 valence electrons. The molecule has 0 spiro atoms. The van der Waals surface area contributed by atoms with Crippen molar-refractivity contribution in [3.8, 4) is 11.1 Å². The molecule has 2 aromatic rings. The van der Waals surface area contributed by atoms with E-state index in [1.165, 1.54) is 6.33 Å². The number of aliphatic hydroxyl groups is 1. The van der Waals surface area contributed by atoms with Crippen molar-refractivity contribution in [2.45, 2.75) is 38.3 Å². The largest absolute Gasteiger partial charge is 0.394 e. The molecule has 1 saturated carbocycles. The molecule has 1 aromatic heterocycles. The summed E-state index contributed by atoms with van der Waals surface area (Å²) in [6, 6.07) is 7.57. The van der Waals surface area contributed by atoms with Gasteiger partial charge in [0.1, 0.15) is 6.33 Å². The van der Waals surface area contributed by atoms with Crippen molar-refractivity contribution in [2.24, 2.45) is 5.92 Å². The van der Waals surface area contributed by atoms with E-state index >= 15 is 0 Å². The maximum absolute atomic E-state index is 12.3. The first-order valence-corrected chi connectivity index (χ1v) is 8.57. The Balaban J connectivity index is 1.61. The Kier molecular flexibility index (Phi) is 4.99. The third-order valence-corrected chi connectivity index (χ3v) is 4.86. The summed E-state index contributed by atoms with van der Waals surface area (Å²) in [6.45, 7) is 3.78. The Morgan fingerprint density at radius 2 is 1.88 bits per heavy atom. The minimum absolute atomic E-state index is 0.0483. The molecule has 2 unspecified atom stereocenters. The van der Waals surface area contributed by atoms with Crippen molar-refractivity contribution in [3.63, 3.8) is 0 Å². The molecule has 1 fully saturated rings. The number of benzene rings is 1. The van der Waals surface area contributed by atoms with E-state index in [9.17, 15) is 9.90 Å². The van der Waals surface area contributed by atoms with E-state index in [-0.39, 0.29) is 18.7 Å². The Hall–Kier alpha value is -2.47. The maximum Gasteiger partial charge on any atom is 0.315 e. The van der Waals surface area contributed by atoms with Crippen LogP contribution in [0.2, 0.25) is 0 Å². The lowest BCUT2D eigenvalue weighted by molar-refractivity contribution is 0.154. The number of amides is 2. The van der Waals surface area contributed by atoms with E-state index in [0.717, 1.165) is 29.5 Å². The topological polar surface area (TPSA) is 87.1 Å². The van der Waals surface area contributed by atoms with Gasteiger partial charge in [-0.3, -0.25) is 0 Å². The lowest BCUT2D eigenvalue weighted by atomic mass is 9.97. The van der Waals surface area contributed by atoms with Gasteiger partial charge in [0.2, 0.25) is 0 Å². The van der Waals surface area contributed by atoms with Crippen LogP contribution in [0.3, 0.4) is 0 Å². The quantitative estimate of drug-likeness (QED) is 0.754. The first-order valence-electron chi connectivity index (χ1n) is 8.57. The average Bonchev–Trinajstić information content (AvgIpc) is 3.48. The normalized spacial score (nSPS) is 17.4. The Morgan fingerprint density at radius 1 is 1.24 bits per heavy atom. The number of urea groups is 1. The van der Waals surface area contributed by atoms with Gasteiger partial charge < -0.3 is 15.7 Å². The van der Waals surface area contributed by atoms with E-state index < -0.39 is 5.54 Å². The standard InChI is InChI=1S/C19H24N4O2/c1-13(22-18(25)23-19(2,11-24)17-7-8-17)14-3-5-15(6-4-14)16-9-20-12-21-10-16/h3-6,9-10,12-13,17,24H,7-8,11H2,1-2H3,(H2,22,23,25). The second kappa shape index (κ2) is 7.19. The van der Waals surface area contributed by atoms with E-state index in [1.54, 1.807) is 12.4 Å². The van der Waals surface area contributed by atoms with Crippen LogP contribution < -0.4 is 10.6 Å². The Bertz CT molecular complexity index is 716. The molecule has 6 heteroatoms. The molecule has 0 aliphatic heterocycles. The smallest absolute Gasteiger partial charge is 0.315 e. The van der Waals surface area contributed by atoms with Gasteiger partial charge in [-0.15, -0.1) is 0 Å². The van der Waals surface area contributed by atoms with Crippen LogP contribution in [-0.4, -0.2) is 33.3 Å². The van der Waals surface area contributed by atoms with Crippen molar-refractivity contribution >= 4 is 6.03 Å². The van der Waals surface area contributed by atoms with Crippen molar-refractivity contribution in [1.82, 2.24) is 20.6 Å². The fourth-order valence-corrected chi connectivity index (χ4v) is 2.98. The highest BCUT2D eigenvalue weighted by Crippen LogP contribution is 2.39. The van der Waals surface area contributed by atoms with Crippen LogP contribution in [-0.2, 0) is 0 Å². The summed E-state index contributed by atoms with van der Waals surface area (Å²) in [5, 5.41) is 15.5. The molecular weight excluding hydrogens is 316 g/mol. The summed E-state index contributed by atoms with van der Waals surface area (Å²) in [7, 11) is 0. The highest BCUT2D eigenvalue weighted by molar-refractivity contribution is 5.75. The van der Waals surface area contributed by atoms with Gasteiger partial charge in [-0.25, -0.2) is 14.8 Å². The molecule has 25 heavy (non-hydrogen) atoms. The maximum atomic E-state index is 12.3. The number of carbonyl (C=O) groups excluding carboxylic acids is 1. The monoisotopic (exact) mass is 340 g/mol. The summed E-state index contributed by atoms with van der Waals surface area (Å²) in [6.07, 6.45) is 7.15. The van der Waals surface area contributed by atoms with Crippen molar-refractivity contribution in [3.05, 3.63) is 48.5 Å². The van der Waals surface area contributed by atoms with Gasteiger partial charge in [0.25, 0.3) is 0 Å². The Morgan fingerprint density at radius 3 is 2.44 bits per heavy atom. The van der Waals surface area contributed by atoms with Crippen LogP contribution in [0.15, 0.2) is 43.0 Å². The van der Waals surface area contributed by atoms with Gasteiger partial charge in [-0.2, -0.15) is 0 Å². The summed E-state index contributed by atoms with van der Waals surface area (Å²) in [5.74, 6) is 0.367. The molecule has 2 amide bonds. The van der Waals surface area contributed by atoms with E-state index in [4.69, 9.17) is 0 Å². The summed E-state index contributed by atoms with van der Waals surface area (Å²) in [4.78, 5) is 20.3. The zero-order valence-electron chi connectivity index (χ0n) is 14.6. The fourth-order valence-electron chi connectivity index (χ4n) is 2.98. The second-order valence-electron chi connectivity index (χ2n) is 6.92. The van der Waals surface area contributed by atoms with Gasteiger partial charge in [0.15, 0.2) is 0 Å². The lowest BCUT2D eigenvalue weighted by Crippen LogP contribution is -2.54. The van der Waals surface area contributed by atoms with Gasteiger partial charge in [-0.05, 0) is 43.7 Å². The molecule has 0 bridgehead atoms. The van der Waals surface area contributed by atoms with E-state index in [2.05, 4.69) is 20.6 Å². The average molecular weight is 340 g/mol. The number of rotatable bonds is 6. The van der Waals surface area contributed by atoms with Crippen molar-refractivity contribution in [1.29, 1.82) is 0 Å². The highest BCUT2D eigenvalue weighted by atomic mass is 16.3. The highest BCUT2D eigenvalue weighted by Gasteiger charge is 2.42. The van der Waals surface area contributed by atoms with Crippen LogP contribution in [0.4, 0.5) is 4.79 Å². The number of hydrogen-bond acceptors (Lipinski definition) is 4. The number of nitrogens with zero attached hydrogens (tertiary/aromatic N) is 2. The van der Waals surface area contributed by atoms with Crippen LogP contribution in [0.1, 0.15) is 38.3 Å². The first-order chi connectivity index (χ1) is 12.0. The number of nitrogens with one attached hydrogen (secondary N) is 2. The van der Waals surface area contributed by atoms with Gasteiger partial charge in [0.05, 0.1) is 18.2 Å². The zero-order valence-corrected chi connectivity index (χ0v) is 14.6. The first kappa shape index (κ1) is 17.4. The number of aliphatic hydroxyl groups excluding tert-OH is 1. The van der Waals surface area contributed by atoms with Crippen LogP contribution in [0, 0.1) is 5.92 Å². The number of hydrogen-bond donors (Lipinski definition) is 3. The second-order valence-corrected chi connectivity index (χ2v) is 6.92. The van der Waals surface area contributed by atoms with Gasteiger partial charge in [-0.1, -0.05) is 24.3 Å². The predicted octanol–water partition coefficient (Wildman–Crippen LogP) is 2.66. The van der Waals surface area contributed by atoms with Crippen LogP contribution >= 0.6 is 0 Å². The van der Waals surface area contributed by atoms with Crippen molar-refractivity contribution in [2.75, 3.05) is 6.61 Å². The zero-order chi connectivity index (χ0) is 17.9. The molecule has 6 nitrogen and oxygen atoms in total. The third-order valence-electron chi connectivity index (χ3n) is 4.86.